The third-order valence-electron chi connectivity index (χ3n) is 13.4. The molecule has 0 aliphatic heterocycles. The van der Waals surface area contributed by atoms with Crippen LogP contribution in [0.5, 0.6) is 0 Å². The van der Waals surface area contributed by atoms with Gasteiger partial charge in [-0.15, -0.1) is 0 Å². The van der Waals surface area contributed by atoms with Crippen molar-refractivity contribution in [1.82, 2.24) is 5.32 Å². The molecule has 0 aliphatic carbocycles. The van der Waals surface area contributed by atoms with Gasteiger partial charge in [-0.1, -0.05) is 267 Å². The Kier molecular flexibility index (Phi) is 52.2. The van der Waals surface area contributed by atoms with Gasteiger partial charge >= 0.3 is 0 Å². The fourth-order valence-corrected chi connectivity index (χ4v) is 9.41. The molecule has 3 unspecified atom stereocenters. The van der Waals surface area contributed by atoms with Gasteiger partial charge in [0.05, 0.1) is 39.9 Å². The number of carbonyl (C=O) groups excluding carboxylic acids is 1. The predicted molar refractivity (Wildman–Crippen MR) is 311 cm³/mol. The number of nitrogens with one attached hydrogen (secondary N) is 1. The average molecular weight is 1030 g/mol. The van der Waals surface area contributed by atoms with E-state index in [-0.39, 0.29) is 12.5 Å². The first-order chi connectivity index (χ1) is 35.0. The maximum atomic E-state index is 13.0. The number of quaternary nitrogens is 1. The molecular formula is C63H117N2O6P. The summed E-state index contributed by atoms with van der Waals surface area (Å²) in [6.45, 7) is 4.53. The first kappa shape index (κ1) is 69.9. The van der Waals surface area contributed by atoms with Crippen molar-refractivity contribution in [3.63, 3.8) is 0 Å². The fraction of sp³-hybridized carbons (Fsp3) is 0.794. The summed E-state index contributed by atoms with van der Waals surface area (Å²) in [6, 6.07) is -0.904. The smallest absolute Gasteiger partial charge is 0.268 e. The van der Waals surface area contributed by atoms with Crippen molar-refractivity contribution in [3.05, 3.63) is 72.9 Å². The zero-order valence-electron chi connectivity index (χ0n) is 47.9. The number of phosphoric acid groups is 1. The van der Waals surface area contributed by atoms with Crippen LogP contribution in [0, 0.1) is 0 Å². The van der Waals surface area contributed by atoms with Gasteiger partial charge in [-0.3, -0.25) is 9.36 Å². The molecule has 0 aromatic rings. The minimum Gasteiger partial charge on any atom is -0.756 e. The minimum absolute atomic E-state index is 0.00688. The molecule has 420 valence electrons. The molecule has 0 spiro atoms. The number of unbranched alkanes of at least 4 members (excludes halogenated alkanes) is 32. The summed E-state index contributed by atoms with van der Waals surface area (Å²) in [5.74, 6) is -0.205. The lowest BCUT2D eigenvalue weighted by Gasteiger charge is -2.29. The molecule has 0 heterocycles. The number of amides is 1. The lowest BCUT2D eigenvalue weighted by Crippen LogP contribution is -2.45. The third-order valence-corrected chi connectivity index (χ3v) is 14.4. The van der Waals surface area contributed by atoms with Gasteiger partial charge in [0.2, 0.25) is 5.91 Å². The Morgan fingerprint density at radius 2 is 0.861 bits per heavy atom. The summed E-state index contributed by atoms with van der Waals surface area (Å²) in [6.07, 6.45) is 74.3. The second-order valence-corrected chi connectivity index (χ2v) is 23.1. The van der Waals surface area contributed by atoms with Crippen molar-refractivity contribution < 1.29 is 32.9 Å². The van der Waals surface area contributed by atoms with Gasteiger partial charge in [-0.25, -0.2) is 0 Å². The van der Waals surface area contributed by atoms with E-state index in [1.807, 2.05) is 27.2 Å². The first-order valence-corrected chi connectivity index (χ1v) is 31.8. The van der Waals surface area contributed by atoms with Gasteiger partial charge in [0, 0.05) is 6.42 Å². The van der Waals surface area contributed by atoms with Crippen LogP contribution in [0.3, 0.4) is 0 Å². The second-order valence-electron chi connectivity index (χ2n) is 21.7. The maximum absolute atomic E-state index is 13.0. The summed E-state index contributed by atoms with van der Waals surface area (Å²) in [7, 11) is 1.25. The monoisotopic (exact) mass is 1030 g/mol. The van der Waals surface area contributed by atoms with Crippen LogP contribution < -0.4 is 10.2 Å². The molecule has 0 radical (unpaired) electrons. The quantitative estimate of drug-likeness (QED) is 0.0272. The van der Waals surface area contributed by atoms with Gasteiger partial charge in [-0.2, -0.15) is 0 Å². The Labute approximate surface area is 446 Å². The maximum Gasteiger partial charge on any atom is 0.268 e. The zero-order chi connectivity index (χ0) is 52.7. The molecule has 0 fully saturated rings. The number of hydrogen-bond donors (Lipinski definition) is 2. The van der Waals surface area contributed by atoms with Crippen LogP contribution >= 0.6 is 7.82 Å². The lowest BCUT2D eigenvalue weighted by atomic mass is 10.0. The third kappa shape index (κ3) is 55.7. The van der Waals surface area contributed by atoms with Crippen LogP contribution in [0.2, 0.25) is 0 Å². The summed E-state index contributed by atoms with van der Waals surface area (Å²) in [5, 5.41) is 13.9. The Morgan fingerprint density at radius 1 is 0.500 bits per heavy atom. The highest BCUT2D eigenvalue weighted by Crippen LogP contribution is 2.38. The highest BCUT2D eigenvalue weighted by molar-refractivity contribution is 7.45. The molecule has 0 rings (SSSR count). The van der Waals surface area contributed by atoms with Gasteiger partial charge in [0.1, 0.15) is 13.2 Å². The molecule has 1 amide bonds. The lowest BCUT2D eigenvalue weighted by molar-refractivity contribution is -0.870. The van der Waals surface area contributed by atoms with E-state index in [9.17, 15) is 19.4 Å². The SMILES string of the molecule is CC/C=C\C/C=C\C/C=C\C/C=C\CCCCCCCCCCCCCCCCCCCCCCC(=O)NC(COP(=O)([O-])OCC[N+](C)(C)C)C(O)/C=C/CC/C=C/CCCCCCCCCCCCC. The average Bonchev–Trinajstić information content (AvgIpc) is 3.34. The van der Waals surface area contributed by atoms with Gasteiger partial charge in [0.15, 0.2) is 0 Å². The van der Waals surface area contributed by atoms with Crippen molar-refractivity contribution in [1.29, 1.82) is 0 Å². The van der Waals surface area contributed by atoms with Crippen LogP contribution in [0.25, 0.3) is 0 Å². The topological polar surface area (TPSA) is 108 Å². The van der Waals surface area contributed by atoms with Crippen LogP contribution in [-0.4, -0.2) is 68.5 Å². The van der Waals surface area contributed by atoms with Crippen LogP contribution in [0.1, 0.15) is 271 Å². The number of aliphatic hydroxyl groups is 1. The molecule has 72 heavy (non-hydrogen) atoms. The number of allylic oxidation sites excluding steroid dienone is 11. The number of likely N-dealkylation sites (N-methyl/N-ethyl adjacent to an activating group) is 1. The van der Waals surface area contributed by atoms with Crippen molar-refractivity contribution in [2.45, 2.75) is 283 Å². The summed E-state index contributed by atoms with van der Waals surface area (Å²) >= 11 is 0. The molecule has 0 aromatic heterocycles. The van der Waals surface area contributed by atoms with Gasteiger partial charge in [-0.05, 0) is 70.6 Å². The number of hydrogen-bond acceptors (Lipinski definition) is 6. The predicted octanol–water partition coefficient (Wildman–Crippen LogP) is 18.0. The molecule has 0 aliphatic rings. The number of nitrogens with zero attached hydrogens (tertiary/aromatic N) is 1. The standard InChI is InChI=1S/C63H117N2O6P/c1-6-8-10-12-14-16-18-20-22-24-25-26-27-28-29-30-31-32-33-34-35-36-37-38-39-41-43-45-47-49-51-53-55-57-63(67)64-61(60-71-72(68,69)70-59-58-65(3,4)5)62(66)56-54-52-50-48-46-44-42-40-23-21-19-17-15-13-11-9-7-2/h8,10,14,16,20,22,25-26,46,48,54,56,61-62,66H,6-7,9,11-13,15,17-19,21,23-24,27-45,47,49-53,55,57-60H2,1-5H3,(H-,64,67,68,69)/b10-8-,16-14-,22-20-,26-25-,48-46+,56-54+. The summed E-state index contributed by atoms with van der Waals surface area (Å²) in [5.41, 5.74) is 0. The van der Waals surface area contributed by atoms with E-state index in [0.29, 0.717) is 17.4 Å². The number of phosphoric ester groups is 1. The largest absolute Gasteiger partial charge is 0.756 e. The van der Waals surface area contributed by atoms with E-state index in [1.54, 1.807) is 6.08 Å². The zero-order valence-corrected chi connectivity index (χ0v) is 48.8. The number of carbonyl (C=O) groups is 1. The summed E-state index contributed by atoms with van der Waals surface area (Å²) < 4.78 is 23.3. The van der Waals surface area contributed by atoms with Crippen molar-refractivity contribution in [3.8, 4) is 0 Å². The normalized spacial score (nSPS) is 14.4. The molecule has 0 saturated carbocycles. The highest BCUT2D eigenvalue weighted by atomic mass is 31.2. The van der Waals surface area contributed by atoms with E-state index < -0.39 is 26.6 Å². The van der Waals surface area contributed by atoms with Crippen molar-refractivity contribution in [2.24, 2.45) is 0 Å². The van der Waals surface area contributed by atoms with E-state index in [2.05, 4.69) is 79.9 Å². The minimum atomic E-state index is -4.61. The molecule has 0 saturated heterocycles. The van der Waals surface area contributed by atoms with E-state index >= 15 is 0 Å². The van der Waals surface area contributed by atoms with Crippen molar-refractivity contribution >= 4 is 13.7 Å². The van der Waals surface area contributed by atoms with Gasteiger partial charge < -0.3 is 28.8 Å². The Morgan fingerprint density at radius 3 is 1.29 bits per heavy atom. The highest BCUT2D eigenvalue weighted by Gasteiger charge is 2.23. The molecule has 8 nitrogen and oxygen atoms in total. The molecule has 0 bridgehead atoms. The molecule has 9 heteroatoms. The van der Waals surface area contributed by atoms with Crippen LogP contribution in [-0.2, 0) is 18.4 Å². The van der Waals surface area contributed by atoms with E-state index in [1.165, 1.54) is 186 Å². The second kappa shape index (κ2) is 53.8. The van der Waals surface area contributed by atoms with E-state index in [0.717, 1.165) is 64.2 Å². The molecule has 3 atom stereocenters. The Hall–Kier alpha value is -2.06. The first-order valence-electron chi connectivity index (χ1n) is 30.3. The summed E-state index contributed by atoms with van der Waals surface area (Å²) in [4.78, 5) is 25.5. The van der Waals surface area contributed by atoms with Crippen LogP contribution in [0.15, 0.2) is 72.9 Å². The fourth-order valence-electron chi connectivity index (χ4n) is 8.69. The van der Waals surface area contributed by atoms with Crippen LogP contribution in [0.4, 0.5) is 0 Å². The molecule has 2 N–H and O–H groups in total. The molecule has 0 aromatic carbocycles. The van der Waals surface area contributed by atoms with Crippen molar-refractivity contribution in [2.75, 3.05) is 40.9 Å². The molecular weight excluding hydrogens is 912 g/mol. The Balaban J connectivity index is 4.08. The number of rotatable bonds is 55. The van der Waals surface area contributed by atoms with Gasteiger partial charge in [0.25, 0.3) is 7.82 Å². The Bertz CT molecular complexity index is 1400. The van der Waals surface area contributed by atoms with E-state index in [4.69, 9.17) is 9.05 Å². The number of aliphatic hydroxyl groups excluding tert-OH is 1.